The number of amides is 4. The first-order valence-corrected chi connectivity index (χ1v) is 17.6. The lowest BCUT2D eigenvalue weighted by molar-refractivity contribution is -0.134. The molecule has 3 heterocycles. The van der Waals surface area contributed by atoms with Gasteiger partial charge < -0.3 is 25.8 Å². The van der Waals surface area contributed by atoms with Crippen LogP contribution in [0.3, 0.4) is 0 Å². The summed E-state index contributed by atoms with van der Waals surface area (Å²) in [7, 11) is 1.99. The predicted molar refractivity (Wildman–Crippen MR) is 181 cm³/mol. The van der Waals surface area contributed by atoms with Gasteiger partial charge in [-0.1, -0.05) is 42.0 Å². The van der Waals surface area contributed by atoms with E-state index in [0.29, 0.717) is 44.0 Å². The third-order valence-corrected chi connectivity index (χ3v) is 10.7. The van der Waals surface area contributed by atoms with E-state index in [9.17, 15) is 19.2 Å². The van der Waals surface area contributed by atoms with Crippen LogP contribution >= 0.6 is 11.5 Å². The van der Waals surface area contributed by atoms with Gasteiger partial charge in [0.15, 0.2) is 0 Å². The van der Waals surface area contributed by atoms with Crippen LogP contribution in [0.5, 0.6) is 0 Å². The number of halogens is 1. The minimum absolute atomic E-state index is 0.0000782. The highest BCUT2D eigenvalue weighted by molar-refractivity contribution is 7.07. The van der Waals surface area contributed by atoms with Crippen LogP contribution in [0.2, 0.25) is 0 Å². The molecule has 6 rings (SSSR count). The summed E-state index contributed by atoms with van der Waals surface area (Å²) >= 11 is 0.923. The molecule has 1 saturated carbocycles. The maximum Gasteiger partial charge on any atom is 0.270 e. The minimum Gasteiger partial charge on any atom is -0.343 e. The van der Waals surface area contributed by atoms with E-state index in [1.165, 1.54) is 18.3 Å². The smallest absolute Gasteiger partial charge is 0.270 e. The molecular weight excluding hydrogens is 649 g/mol. The highest BCUT2D eigenvalue weighted by atomic mass is 32.1. The number of carbonyl (C=O) groups excluding carboxylic acids is 4. The Morgan fingerprint density at radius 3 is 2.49 bits per heavy atom. The molecule has 260 valence electrons. The van der Waals surface area contributed by atoms with Gasteiger partial charge in [0.1, 0.15) is 22.4 Å². The number of rotatable bonds is 11. The fourth-order valence-electron chi connectivity index (χ4n) is 7.13. The number of aromatic nitrogens is 4. The van der Waals surface area contributed by atoms with Gasteiger partial charge in [-0.25, -0.2) is 4.39 Å². The summed E-state index contributed by atoms with van der Waals surface area (Å²) in [5.74, 6) is -2.11. The van der Waals surface area contributed by atoms with Crippen molar-refractivity contribution in [3.63, 3.8) is 0 Å². The van der Waals surface area contributed by atoms with Crippen LogP contribution in [-0.2, 0) is 22.6 Å². The highest BCUT2D eigenvalue weighted by Crippen LogP contribution is 2.48. The maximum atomic E-state index is 15.8. The lowest BCUT2D eigenvalue weighted by atomic mass is 9.58. The summed E-state index contributed by atoms with van der Waals surface area (Å²) in [5.41, 5.74) is -0.144. The van der Waals surface area contributed by atoms with E-state index in [4.69, 9.17) is 0 Å². The van der Waals surface area contributed by atoms with Crippen LogP contribution < -0.4 is 16.0 Å². The Morgan fingerprint density at radius 2 is 1.84 bits per heavy atom. The summed E-state index contributed by atoms with van der Waals surface area (Å²) in [6.45, 7) is 4.88. The van der Waals surface area contributed by atoms with E-state index in [0.717, 1.165) is 43.6 Å². The lowest BCUT2D eigenvalue weighted by Gasteiger charge is -2.48. The predicted octanol–water partition coefficient (Wildman–Crippen LogP) is 2.88. The third kappa shape index (κ3) is 7.27. The van der Waals surface area contributed by atoms with Crippen LogP contribution in [0.25, 0.3) is 0 Å². The van der Waals surface area contributed by atoms with Gasteiger partial charge in [0.2, 0.25) is 11.8 Å². The summed E-state index contributed by atoms with van der Waals surface area (Å²) < 4.78 is 21.1. The number of nitrogens with zero attached hydrogens (tertiary/aromatic N) is 6. The Balaban J connectivity index is 1.19. The van der Waals surface area contributed by atoms with Crippen molar-refractivity contribution in [3.05, 3.63) is 70.8 Å². The zero-order valence-corrected chi connectivity index (χ0v) is 28.5. The van der Waals surface area contributed by atoms with Crippen LogP contribution in [0.1, 0.15) is 64.8 Å². The molecule has 3 N–H and O–H groups in total. The maximum absolute atomic E-state index is 15.8. The zero-order chi connectivity index (χ0) is 34.5. The number of benzene rings is 1. The van der Waals surface area contributed by atoms with Crippen molar-refractivity contribution in [2.24, 2.45) is 11.3 Å². The van der Waals surface area contributed by atoms with Gasteiger partial charge in [-0.2, -0.15) is 5.10 Å². The summed E-state index contributed by atoms with van der Waals surface area (Å²) in [6.07, 6.45) is 11.3. The van der Waals surface area contributed by atoms with Gasteiger partial charge in [-0.15, -0.1) is 5.10 Å². The van der Waals surface area contributed by atoms with Gasteiger partial charge in [-0.05, 0) is 68.0 Å². The van der Waals surface area contributed by atoms with Crippen LogP contribution in [0.15, 0.2) is 48.8 Å². The van der Waals surface area contributed by atoms with Crippen molar-refractivity contribution in [1.82, 2.24) is 39.8 Å². The number of hydrogen-bond acceptors (Lipinski definition) is 9. The largest absolute Gasteiger partial charge is 0.343 e. The number of piperazine rings is 1. The molecule has 2 fully saturated rings. The Bertz CT molecular complexity index is 1700. The average molecular weight is 692 g/mol. The number of nitrogens with one attached hydrogen (secondary N) is 3. The number of aryl methyl sites for hydroxylation is 1. The second kappa shape index (κ2) is 14.9. The molecule has 49 heavy (non-hydrogen) atoms. The molecule has 1 unspecified atom stereocenters. The van der Waals surface area contributed by atoms with Gasteiger partial charge >= 0.3 is 0 Å². The average Bonchev–Trinajstić information content (AvgIpc) is 3.82. The summed E-state index contributed by atoms with van der Waals surface area (Å²) in [4.78, 5) is 58.0. The van der Waals surface area contributed by atoms with Crippen molar-refractivity contribution in [2.45, 2.75) is 64.1 Å². The van der Waals surface area contributed by atoms with Gasteiger partial charge in [0, 0.05) is 45.3 Å². The number of carbonyl (C=O) groups is 4. The van der Waals surface area contributed by atoms with E-state index >= 15 is 4.39 Å². The molecule has 0 radical (unpaired) electrons. The molecule has 4 amide bonds. The molecule has 2 aliphatic carbocycles. The number of hydrogen-bond donors (Lipinski definition) is 3. The molecule has 0 spiro atoms. The molecular formula is C34H42FN9O4S. The van der Waals surface area contributed by atoms with Crippen molar-refractivity contribution >= 4 is 40.8 Å². The molecule has 1 aromatic carbocycles. The molecule has 1 aliphatic heterocycles. The minimum atomic E-state index is -1.03. The monoisotopic (exact) mass is 691 g/mol. The molecule has 0 bridgehead atoms. The first kappa shape index (κ1) is 34.4. The molecule has 2 aromatic heterocycles. The number of likely N-dealkylation sites (N-methyl/N-ethyl adjacent to an activating group) is 1. The Morgan fingerprint density at radius 1 is 1.06 bits per heavy atom. The lowest BCUT2D eigenvalue weighted by Crippen LogP contribution is -2.60. The van der Waals surface area contributed by atoms with E-state index in [1.54, 1.807) is 27.9 Å². The van der Waals surface area contributed by atoms with Crippen LogP contribution in [0.4, 0.5) is 10.1 Å². The fraction of sp³-hybridized carbons (Fsp3) is 0.500. The van der Waals surface area contributed by atoms with E-state index < -0.39 is 29.2 Å². The second-order valence-corrected chi connectivity index (χ2v) is 13.8. The fourth-order valence-corrected chi connectivity index (χ4v) is 7.55. The Kier molecular flexibility index (Phi) is 10.5. The quantitative estimate of drug-likeness (QED) is 0.260. The van der Waals surface area contributed by atoms with Gasteiger partial charge in [-0.3, -0.25) is 23.9 Å². The Labute approximate surface area is 288 Å². The van der Waals surface area contributed by atoms with Crippen LogP contribution in [-0.4, -0.2) is 98.1 Å². The Hall–Kier alpha value is -4.50. The highest BCUT2D eigenvalue weighted by Gasteiger charge is 2.54. The van der Waals surface area contributed by atoms with Crippen LogP contribution in [0, 0.1) is 17.2 Å². The summed E-state index contributed by atoms with van der Waals surface area (Å²) in [5, 5.41) is 16.6. The third-order valence-electron chi connectivity index (χ3n) is 10.0. The first-order valence-electron chi connectivity index (χ1n) is 16.9. The van der Waals surface area contributed by atoms with E-state index in [-0.39, 0.29) is 40.6 Å². The van der Waals surface area contributed by atoms with Crippen molar-refractivity contribution < 1.29 is 23.6 Å². The van der Waals surface area contributed by atoms with Gasteiger partial charge in [0.05, 0.1) is 23.3 Å². The molecule has 13 nitrogen and oxygen atoms in total. The number of anilines is 1. The molecule has 3 aliphatic rings. The second-order valence-electron chi connectivity index (χ2n) is 13.0. The zero-order valence-electron chi connectivity index (χ0n) is 27.7. The SMILES string of the molecule is CCn1nccc1C(=O)NC1C=C[C@]1(C(=O)Nc1ccc(C[C@@H](NC(=O)c2cnns2)C(=O)N2CCN(C)CC2)cc1F)C1CCCCC1. The van der Waals surface area contributed by atoms with Gasteiger partial charge in [0.25, 0.3) is 11.8 Å². The van der Waals surface area contributed by atoms with Crippen molar-refractivity contribution in [3.8, 4) is 0 Å². The molecule has 3 atom stereocenters. The van der Waals surface area contributed by atoms with E-state index in [1.807, 2.05) is 26.1 Å². The first-order chi connectivity index (χ1) is 23.7. The standard InChI is InChI=1S/C34H42FN9O4S/c1-3-44-27(12-14-37-44)30(45)40-29-11-13-34(29,23-7-5-4-6-8-23)33(48)39-25-10-9-22(19-24(25)35)20-26(38-31(46)28-21-36-41-49-28)32(47)43-17-15-42(2)16-18-43/h9-14,19,21,23,26,29H,3-8,15-18,20H2,1-2H3,(H,38,46)(H,39,48)(H,40,45)/t26-,29?,34+/m1/s1. The normalized spacial score (nSPS) is 21.9. The topological polar surface area (TPSA) is 154 Å². The summed E-state index contributed by atoms with van der Waals surface area (Å²) in [6, 6.07) is 4.56. The molecule has 3 aromatic rings. The van der Waals surface area contributed by atoms with E-state index in [2.05, 4.69) is 35.5 Å². The van der Waals surface area contributed by atoms with Crippen molar-refractivity contribution in [2.75, 3.05) is 38.5 Å². The van der Waals surface area contributed by atoms with Crippen molar-refractivity contribution in [1.29, 1.82) is 0 Å². The molecule has 15 heteroatoms. The molecule has 1 saturated heterocycles.